The molecule has 0 saturated carbocycles. The zero-order valence-electron chi connectivity index (χ0n) is 27.7. The number of imide groups is 2. The van der Waals surface area contributed by atoms with Crippen LogP contribution < -0.4 is 4.90 Å². The Kier molecular flexibility index (Phi) is 7.70. The van der Waals surface area contributed by atoms with Gasteiger partial charge in [0.05, 0.1) is 39.1 Å². The highest BCUT2D eigenvalue weighted by molar-refractivity contribution is 6.34. The van der Waals surface area contributed by atoms with Crippen molar-refractivity contribution in [1.29, 1.82) is 0 Å². The molecule has 4 aromatic rings. The van der Waals surface area contributed by atoms with Gasteiger partial charge in [0, 0.05) is 5.54 Å². The van der Waals surface area contributed by atoms with Gasteiger partial charge in [0.1, 0.15) is 0 Å². The number of benzene rings is 4. The molecule has 0 spiro atoms. The molecule has 50 heavy (non-hydrogen) atoms. The number of anilines is 1. The highest BCUT2D eigenvalue weighted by Crippen LogP contribution is 2.46. The summed E-state index contributed by atoms with van der Waals surface area (Å²) < 4.78 is 86.2. The van der Waals surface area contributed by atoms with Crippen LogP contribution in [0.25, 0.3) is 22.3 Å². The topological polar surface area (TPSA) is 74.8 Å². The predicted octanol–water partition coefficient (Wildman–Crippen LogP) is 9.55. The third-order valence-corrected chi connectivity index (χ3v) is 8.83. The molecule has 258 valence electrons. The lowest BCUT2D eigenvalue weighted by molar-refractivity contribution is -0.139. The number of nitrogens with zero attached hydrogens (tertiary/aromatic N) is 2. The summed E-state index contributed by atoms with van der Waals surface area (Å²) in [7, 11) is 0. The molecular weight excluding hydrogens is 662 g/mol. The molecule has 4 amide bonds. The van der Waals surface area contributed by atoms with Crippen LogP contribution in [0.1, 0.15) is 99.7 Å². The number of halogens is 6. The third kappa shape index (κ3) is 5.66. The van der Waals surface area contributed by atoms with E-state index < -0.39 is 74.9 Å². The first-order valence-corrected chi connectivity index (χ1v) is 15.5. The second-order valence-corrected chi connectivity index (χ2v) is 14.3. The lowest BCUT2D eigenvalue weighted by Gasteiger charge is -2.29. The summed E-state index contributed by atoms with van der Waals surface area (Å²) in [5, 5.41) is 0. The maximum absolute atomic E-state index is 14.5. The number of hydrogen-bond donors (Lipinski definition) is 0. The Labute approximate surface area is 283 Å². The molecule has 0 unspecified atom stereocenters. The number of hydrogen-bond acceptors (Lipinski definition) is 4. The maximum Gasteiger partial charge on any atom is 0.417 e. The van der Waals surface area contributed by atoms with Gasteiger partial charge >= 0.3 is 12.4 Å². The Hall–Kier alpha value is -5.26. The Morgan fingerprint density at radius 3 is 1.38 bits per heavy atom. The number of carbonyl (C=O) groups is 4. The van der Waals surface area contributed by atoms with E-state index >= 15 is 0 Å². The fourth-order valence-corrected chi connectivity index (χ4v) is 6.31. The van der Waals surface area contributed by atoms with Crippen LogP contribution in [-0.4, -0.2) is 34.1 Å². The van der Waals surface area contributed by atoms with Gasteiger partial charge in [-0.2, -0.15) is 26.3 Å². The largest absolute Gasteiger partial charge is 0.417 e. The number of fused-ring (bicyclic) bond motifs is 2. The van der Waals surface area contributed by atoms with E-state index in [4.69, 9.17) is 0 Å². The molecule has 4 aromatic carbocycles. The van der Waals surface area contributed by atoms with Crippen molar-refractivity contribution in [2.45, 2.75) is 64.8 Å². The van der Waals surface area contributed by atoms with Gasteiger partial charge in [0.25, 0.3) is 23.6 Å². The molecule has 0 radical (unpaired) electrons. The quantitative estimate of drug-likeness (QED) is 0.158. The zero-order chi connectivity index (χ0) is 36.9. The van der Waals surface area contributed by atoms with Crippen LogP contribution in [0.4, 0.5) is 32.0 Å². The summed E-state index contributed by atoms with van der Waals surface area (Å²) in [6.07, 6.45) is -10.1. The van der Waals surface area contributed by atoms with E-state index in [-0.39, 0.29) is 27.8 Å². The Bertz CT molecular complexity index is 2150. The molecule has 0 aliphatic carbocycles. The van der Waals surface area contributed by atoms with E-state index in [0.717, 1.165) is 29.2 Å². The lowest BCUT2D eigenvalue weighted by atomic mass is 9.83. The molecule has 0 bridgehead atoms. The van der Waals surface area contributed by atoms with Crippen molar-refractivity contribution >= 4 is 29.3 Å². The zero-order valence-corrected chi connectivity index (χ0v) is 27.7. The molecule has 2 aliphatic heterocycles. The molecule has 0 saturated heterocycles. The van der Waals surface area contributed by atoms with E-state index in [1.54, 1.807) is 47.6 Å². The molecular formula is C38H30F6N2O4. The molecule has 0 N–H and O–H groups in total. The van der Waals surface area contributed by atoms with E-state index in [2.05, 4.69) is 0 Å². The van der Waals surface area contributed by atoms with E-state index in [1.807, 2.05) is 0 Å². The van der Waals surface area contributed by atoms with Gasteiger partial charge in [-0.15, -0.1) is 0 Å². The fraction of sp³-hybridized carbons (Fsp3) is 0.263. The number of alkyl halides is 6. The SMILES string of the molecule is CC(C)(C)c1ccc(-c2ccc(N3C(=O)c4ccc(-c5ccc6c(c5)C(=O)N(C(C)(C)C)C6=O)cc4C3=O)cc2C(F)(F)F)c(C(F)(F)F)c1. The van der Waals surface area contributed by atoms with Gasteiger partial charge in [-0.1, -0.05) is 51.1 Å². The van der Waals surface area contributed by atoms with Crippen LogP contribution in [-0.2, 0) is 17.8 Å². The summed E-state index contributed by atoms with van der Waals surface area (Å²) in [4.78, 5) is 54.8. The standard InChI is InChI=1S/C38H30F6N2O4/c1-35(2,3)21-9-13-23(29(17-21)37(39,40)41)24-14-10-22(18-30(24)38(42,43)44)45-31(47)25-11-7-19(15-27(25)32(45)48)20-8-12-26-28(16-20)34(50)46(33(26)49)36(4,5)6/h7-18H,1-6H3. The van der Waals surface area contributed by atoms with E-state index in [9.17, 15) is 45.5 Å². The molecule has 2 heterocycles. The van der Waals surface area contributed by atoms with Crippen LogP contribution in [0.15, 0.2) is 72.8 Å². The normalized spacial score (nSPS) is 15.3. The van der Waals surface area contributed by atoms with Crippen molar-refractivity contribution in [2.24, 2.45) is 0 Å². The Morgan fingerprint density at radius 2 is 0.880 bits per heavy atom. The minimum atomic E-state index is -5.16. The molecule has 0 atom stereocenters. The molecule has 0 aromatic heterocycles. The Balaban J connectivity index is 1.39. The van der Waals surface area contributed by atoms with Crippen LogP contribution in [0.3, 0.4) is 0 Å². The van der Waals surface area contributed by atoms with Crippen molar-refractivity contribution in [3.8, 4) is 22.3 Å². The average Bonchev–Trinajstić information content (AvgIpc) is 3.42. The number of carbonyl (C=O) groups excluding carboxylic acids is 4. The highest BCUT2D eigenvalue weighted by atomic mass is 19.4. The molecule has 6 rings (SSSR count). The summed E-state index contributed by atoms with van der Waals surface area (Å²) >= 11 is 0. The van der Waals surface area contributed by atoms with Crippen molar-refractivity contribution < 1.29 is 45.5 Å². The highest BCUT2D eigenvalue weighted by Gasteiger charge is 2.44. The smallest absolute Gasteiger partial charge is 0.269 e. The van der Waals surface area contributed by atoms with Gasteiger partial charge < -0.3 is 0 Å². The number of rotatable bonds is 3. The van der Waals surface area contributed by atoms with Crippen molar-refractivity contribution in [2.75, 3.05) is 4.90 Å². The van der Waals surface area contributed by atoms with Crippen LogP contribution in [0.2, 0.25) is 0 Å². The molecule has 12 heteroatoms. The van der Waals surface area contributed by atoms with Crippen molar-refractivity contribution in [1.82, 2.24) is 4.90 Å². The third-order valence-electron chi connectivity index (χ3n) is 8.83. The summed E-state index contributed by atoms with van der Waals surface area (Å²) in [5.74, 6) is -2.80. The monoisotopic (exact) mass is 692 g/mol. The van der Waals surface area contributed by atoms with Crippen molar-refractivity contribution in [3.05, 3.63) is 112 Å². The summed E-state index contributed by atoms with van der Waals surface area (Å²) in [6.45, 7) is 10.2. The Morgan fingerprint density at radius 1 is 0.460 bits per heavy atom. The fourth-order valence-electron chi connectivity index (χ4n) is 6.31. The average molecular weight is 693 g/mol. The second kappa shape index (κ2) is 11.1. The van der Waals surface area contributed by atoms with Gasteiger partial charge in [-0.05, 0) is 96.5 Å². The van der Waals surface area contributed by atoms with Gasteiger partial charge in [-0.25, -0.2) is 4.90 Å². The molecule has 0 fully saturated rings. The molecule has 2 aliphatic rings. The minimum absolute atomic E-state index is 0.0974. The van der Waals surface area contributed by atoms with E-state index in [0.29, 0.717) is 22.1 Å². The van der Waals surface area contributed by atoms with Gasteiger partial charge in [0.2, 0.25) is 0 Å². The number of amides is 4. The van der Waals surface area contributed by atoms with Crippen LogP contribution in [0, 0.1) is 0 Å². The summed E-state index contributed by atoms with van der Waals surface area (Å²) in [5.41, 5.74) is -4.86. The maximum atomic E-state index is 14.5. The van der Waals surface area contributed by atoms with Crippen LogP contribution in [0.5, 0.6) is 0 Å². The summed E-state index contributed by atoms with van der Waals surface area (Å²) in [6, 6.07) is 14.3. The van der Waals surface area contributed by atoms with Gasteiger partial charge in [0.15, 0.2) is 0 Å². The second-order valence-electron chi connectivity index (χ2n) is 14.3. The first kappa shape index (κ1) is 34.6. The predicted molar refractivity (Wildman–Crippen MR) is 174 cm³/mol. The first-order valence-electron chi connectivity index (χ1n) is 15.5. The lowest BCUT2D eigenvalue weighted by Crippen LogP contribution is -2.45. The minimum Gasteiger partial charge on any atom is -0.269 e. The van der Waals surface area contributed by atoms with Crippen molar-refractivity contribution in [3.63, 3.8) is 0 Å². The van der Waals surface area contributed by atoms with E-state index in [1.165, 1.54) is 36.4 Å². The molecule has 6 nitrogen and oxygen atoms in total. The van der Waals surface area contributed by atoms with Crippen LogP contribution >= 0.6 is 0 Å². The van der Waals surface area contributed by atoms with Gasteiger partial charge in [-0.3, -0.25) is 24.1 Å². The first-order chi connectivity index (χ1) is 23.0.